The van der Waals surface area contributed by atoms with Crippen molar-refractivity contribution in [3.8, 4) is 0 Å². The number of hydrogen-bond donors (Lipinski definition) is 0. The number of benzene rings is 1. The molecular weight excluding hydrogens is 288 g/mol. The van der Waals surface area contributed by atoms with Crippen molar-refractivity contribution < 1.29 is 14.3 Å². The molecule has 0 spiro atoms. The molecule has 3 rings (SSSR count). The number of esters is 1. The van der Waals surface area contributed by atoms with E-state index in [-0.39, 0.29) is 30.2 Å². The Morgan fingerprint density at radius 2 is 1.57 bits per heavy atom. The summed E-state index contributed by atoms with van der Waals surface area (Å²) >= 11 is 0. The maximum Gasteiger partial charge on any atom is 0.313 e. The van der Waals surface area contributed by atoms with E-state index in [4.69, 9.17) is 4.74 Å². The van der Waals surface area contributed by atoms with Crippen molar-refractivity contribution in [1.29, 1.82) is 0 Å². The van der Waals surface area contributed by atoms with Crippen molar-refractivity contribution in [3.63, 3.8) is 0 Å². The lowest BCUT2D eigenvalue weighted by atomic mass is 9.76. The van der Waals surface area contributed by atoms with Gasteiger partial charge in [-0.05, 0) is 30.7 Å². The van der Waals surface area contributed by atoms with Crippen LogP contribution in [0, 0.1) is 11.8 Å². The molecule has 3 nitrogen and oxygen atoms in total. The van der Waals surface area contributed by atoms with E-state index in [1.54, 1.807) is 0 Å². The minimum absolute atomic E-state index is 0.0548. The van der Waals surface area contributed by atoms with E-state index in [9.17, 15) is 9.59 Å². The lowest BCUT2D eigenvalue weighted by Gasteiger charge is -2.36. The first kappa shape index (κ1) is 16.2. The third kappa shape index (κ3) is 4.21. The van der Waals surface area contributed by atoms with Crippen LogP contribution in [0.5, 0.6) is 0 Å². The molecule has 124 valence electrons. The standard InChI is InChI=1S/C20H26O3/c21-18-14-19(22)23-20(16-11-7-2-1-3-8-12-16)17(18)13-15-9-5-4-6-10-15/h4-6,9-10,16-17,20H,1-3,7-8,11-14H2/t17-,20+/m1/s1. The number of hydrogen-bond acceptors (Lipinski definition) is 3. The Morgan fingerprint density at radius 1 is 0.913 bits per heavy atom. The molecule has 1 aliphatic heterocycles. The summed E-state index contributed by atoms with van der Waals surface area (Å²) < 4.78 is 5.72. The zero-order chi connectivity index (χ0) is 16.1. The highest BCUT2D eigenvalue weighted by Crippen LogP contribution is 2.34. The second-order valence-corrected chi connectivity index (χ2v) is 7.00. The smallest absolute Gasteiger partial charge is 0.313 e. The van der Waals surface area contributed by atoms with E-state index < -0.39 is 0 Å². The molecule has 1 saturated heterocycles. The monoisotopic (exact) mass is 314 g/mol. The van der Waals surface area contributed by atoms with E-state index in [2.05, 4.69) is 12.1 Å². The molecule has 0 unspecified atom stereocenters. The maximum atomic E-state index is 12.5. The zero-order valence-corrected chi connectivity index (χ0v) is 13.7. The van der Waals surface area contributed by atoms with Gasteiger partial charge in [-0.2, -0.15) is 0 Å². The quantitative estimate of drug-likeness (QED) is 0.623. The van der Waals surface area contributed by atoms with Gasteiger partial charge in [-0.15, -0.1) is 0 Å². The molecular formula is C20H26O3. The summed E-state index contributed by atoms with van der Waals surface area (Å²) in [5, 5.41) is 0. The van der Waals surface area contributed by atoms with Crippen molar-refractivity contribution >= 4 is 11.8 Å². The second-order valence-electron chi connectivity index (χ2n) is 7.00. The van der Waals surface area contributed by atoms with Crippen molar-refractivity contribution in [3.05, 3.63) is 35.9 Å². The van der Waals surface area contributed by atoms with Gasteiger partial charge in [-0.1, -0.05) is 62.4 Å². The van der Waals surface area contributed by atoms with Gasteiger partial charge in [-0.3, -0.25) is 9.59 Å². The van der Waals surface area contributed by atoms with Crippen LogP contribution in [0.4, 0.5) is 0 Å². The maximum absolute atomic E-state index is 12.5. The Hall–Kier alpha value is -1.64. The fourth-order valence-corrected chi connectivity index (χ4v) is 4.07. The van der Waals surface area contributed by atoms with Gasteiger partial charge in [0.05, 0.1) is 5.92 Å². The highest BCUT2D eigenvalue weighted by Gasteiger charge is 2.41. The summed E-state index contributed by atoms with van der Waals surface area (Å²) in [6, 6.07) is 10.1. The first-order chi connectivity index (χ1) is 11.2. The van der Waals surface area contributed by atoms with Crippen molar-refractivity contribution in [2.24, 2.45) is 11.8 Å². The predicted octanol–water partition coefficient (Wildman–Crippen LogP) is 4.09. The van der Waals surface area contributed by atoms with Crippen molar-refractivity contribution in [2.45, 2.75) is 63.9 Å². The summed E-state index contributed by atoms with van der Waals surface area (Å²) in [5.41, 5.74) is 1.15. The van der Waals surface area contributed by atoms with Crippen LogP contribution in [0.1, 0.15) is 56.9 Å². The lowest BCUT2D eigenvalue weighted by molar-refractivity contribution is -0.168. The summed E-state index contributed by atoms with van der Waals surface area (Å²) in [6.45, 7) is 0. The minimum Gasteiger partial charge on any atom is -0.461 e. The molecule has 0 bridgehead atoms. The molecule has 3 heteroatoms. The number of rotatable bonds is 3. The molecule has 2 aliphatic rings. The van der Waals surface area contributed by atoms with Crippen LogP contribution in [-0.4, -0.2) is 17.9 Å². The molecule has 1 aromatic rings. The number of carbonyl (C=O) groups is 2. The third-order valence-corrected chi connectivity index (χ3v) is 5.31. The first-order valence-electron chi connectivity index (χ1n) is 9.00. The van der Waals surface area contributed by atoms with Gasteiger partial charge in [0.15, 0.2) is 5.78 Å². The van der Waals surface area contributed by atoms with Crippen LogP contribution < -0.4 is 0 Å². The highest BCUT2D eigenvalue weighted by molar-refractivity contribution is 5.99. The van der Waals surface area contributed by atoms with E-state index in [0.29, 0.717) is 12.3 Å². The third-order valence-electron chi connectivity index (χ3n) is 5.31. The van der Waals surface area contributed by atoms with Gasteiger partial charge in [0.1, 0.15) is 12.5 Å². The molecule has 1 aromatic carbocycles. The molecule has 1 saturated carbocycles. The van der Waals surface area contributed by atoms with E-state index in [1.807, 2.05) is 18.2 Å². The molecule has 0 N–H and O–H groups in total. The Morgan fingerprint density at radius 3 is 2.26 bits per heavy atom. The number of Topliss-reactive ketones (excluding diaryl/α,β-unsaturated/α-hetero) is 1. The van der Waals surface area contributed by atoms with E-state index in [0.717, 1.165) is 18.4 Å². The SMILES string of the molecule is O=C1CC(=O)[C@@H](Cc2ccccc2)[C@H](C2CCCCCCC2)O1. The second kappa shape index (κ2) is 7.76. The van der Waals surface area contributed by atoms with Crippen LogP contribution >= 0.6 is 0 Å². The van der Waals surface area contributed by atoms with Crippen LogP contribution in [-0.2, 0) is 20.7 Å². The van der Waals surface area contributed by atoms with Crippen molar-refractivity contribution in [2.75, 3.05) is 0 Å². The van der Waals surface area contributed by atoms with Gasteiger partial charge in [0, 0.05) is 0 Å². The molecule has 1 heterocycles. The van der Waals surface area contributed by atoms with Crippen LogP contribution in [0.25, 0.3) is 0 Å². The summed E-state index contributed by atoms with van der Waals surface area (Å²) in [4.78, 5) is 24.4. The number of carbonyl (C=O) groups excluding carboxylic acids is 2. The Labute approximate surface area is 138 Å². The Kier molecular flexibility index (Phi) is 5.47. The van der Waals surface area contributed by atoms with Gasteiger partial charge in [0.25, 0.3) is 0 Å². The largest absolute Gasteiger partial charge is 0.461 e. The Balaban J connectivity index is 1.77. The van der Waals surface area contributed by atoms with Crippen LogP contribution in [0.15, 0.2) is 30.3 Å². The molecule has 0 amide bonds. The van der Waals surface area contributed by atoms with Gasteiger partial charge in [0.2, 0.25) is 0 Å². The normalized spacial score (nSPS) is 27.1. The fraction of sp³-hybridized carbons (Fsp3) is 0.600. The topological polar surface area (TPSA) is 43.4 Å². The average molecular weight is 314 g/mol. The molecule has 1 aliphatic carbocycles. The zero-order valence-electron chi connectivity index (χ0n) is 13.7. The number of ketones is 1. The number of ether oxygens (including phenoxy) is 1. The average Bonchev–Trinajstić information content (AvgIpc) is 2.51. The summed E-state index contributed by atoms with van der Waals surface area (Å²) in [5.74, 6) is -0.0831. The lowest BCUT2D eigenvalue weighted by Crippen LogP contribution is -2.45. The van der Waals surface area contributed by atoms with E-state index in [1.165, 1.54) is 32.1 Å². The van der Waals surface area contributed by atoms with Crippen molar-refractivity contribution in [1.82, 2.24) is 0 Å². The van der Waals surface area contributed by atoms with E-state index >= 15 is 0 Å². The number of cyclic esters (lactones) is 1. The molecule has 2 atom stereocenters. The first-order valence-corrected chi connectivity index (χ1v) is 9.00. The minimum atomic E-state index is -0.327. The van der Waals surface area contributed by atoms with Gasteiger partial charge >= 0.3 is 5.97 Å². The molecule has 0 aromatic heterocycles. The van der Waals surface area contributed by atoms with Crippen LogP contribution in [0.2, 0.25) is 0 Å². The molecule has 0 radical (unpaired) electrons. The van der Waals surface area contributed by atoms with Crippen LogP contribution in [0.3, 0.4) is 0 Å². The fourth-order valence-electron chi connectivity index (χ4n) is 4.07. The Bertz CT molecular complexity index is 529. The van der Waals surface area contributed by atoms with Gasteiger partial charge in [-0.25, -0.2) is 0 Å². The highest BCUT2D eigenvalue weighted by atomic mass is 16.5. The van der Waals surface area contributed by atoms with Gasteiger partial charge < -0.3 is 4.74 Å². The molecule has 23 heavy (non-hydrogen) atoms. The predicted molar refractivity (Wildman–Crippen MR) is 88.9 cm³/mol. The molecule has 2 fully saturated rings. The summed E-state index contributed by atoms with van der Waals surface area (Å²) in [7, 11) is 0. The summed E-state index contributed by atoms with van der Waals surface area (Å²) in [6.07, 6.45) is 8.77.